The number of benzene rings is 1. The van der Waals surface area contributed by atoms with Crippen LogP contribution < -0.4 is 5.73 Å². The molecule has 1 aliphatic heterocycles. The lowest BCUT2D eigenvalue weighted by atomic mass is 9.90. The first-order chi connectivity index (χ1) is 11.4. The van der Waals surface area contributed by atoms with Gasteiger partial charge in [0.1, 0.15) is 5.54 Å². The van der Waals surface area contributed by atoms with E-state index in [0.29, 0.717) is 6.54 Å². The van der Waals surface area contributed by atoms with E-state index in [1.165, 1.54) is 0 Å². The van der Waals surface area contributed by atoms with Gasteiger partial charge in [-0.1, -0.05) is 28.1 Å². The van der Waals surface area contributed by atoms with Crippen LogP contribution in [0.2, 0.25) is 0 Å². The highest BCUT2D eigenvalue weighted by Gasteiger charge is 2.36. The third-order valence-corrected chi connectivity index (χ3v) is 5.21. The molecule has 24 heavy (non-hydrogen) atoms. The van der Waals surface area contributed by atoms with Crippen LogP contribution in [0.1, 0.15) is 36.9 Å². The van der Waals surface area contributed by atoms with Crippen molar-refractivity contribution in [3.8, 4) is 0 Å². The molecule has 0 aliphatic carbocycles. The summed E-state index contributed by atoms with van der Waals surface area (Å²) in [7, 11) is 0. The topological polar surface area (TPSA) is 64.2 Å². The maximum Gasteiger partial charge on any atom is 0.247 e. The van der Waals surface area contributed by atoms with Crippen molar-refractivity contribution < 1.29 is 4.79 Å². The monoisotopic (exact) mass is 390 g/mol. The quantitative estimate of drug-likeness (QED) is 0.875. The number of aromatic nitrogens is 2. The number of aryl methyl sites for hydroxylation is 1. The number of piperidine rings is 1. The van der Waals surface area contributed by atoms with E-state index in [1.54, 1.807) is 6.92 Å². The number of hydrogen-bond donors (Lipinski definition) is 1. The Morgan fingerprint density at radius 1 is 1.38 bits per heavy atom. The summed E-state index contributed by atoms with van der Waals surface area (Å²) in [6.07, 6.45) is 5.89. The molecule has 6 heteroatoms. The number of nitrogens with zero attached hydrogens (tertiary/aromatic N) is 3. The minimum absolute atomic E-state index is 0.0293. The minimum Gasteiger partial charge on any atom is -0.339 e. The molecule has 2 N–H and O–H groups in total. The molecule has 128 valence electrons. The van der Waals surface area contributed by atoms with Gasteiger partial charge in [-0.25, -0.2) is 0 Å². The van der Waals surface area contributed by atoms with Gasteiger partial charge < -0.3 is 10.6 Å². The molecule has 2 atom stereocenters. The molecule has 2 heterocycles. The highest BCUT2D eigenvalue weighted by Crippen LogP contribution is 2.27. The Bertz CT molecular complexity index is 723. The van der Waals surface area contributed by atoms with Crippen LogP contribution in [-0.4, -0.2) is 33.7 Å². The fraction of sp³-hybridized carbons (Fsp3) is 0.444. The molecule has 0 radical (unpaired) electrons. The average Bonchev–Trinajstić information content (AvgIpc) is 3.01. The Balaban J connectivity index is 1.77. The van der Waals surface area contributed by atoms with Gasteiger partial charge in [-0.2, -0.15) is 5.10 Å². The predicted molar refractivity (Wildman–Crippen MR) is 97.5 cm³/mol. The Kier molecular flexibility index (Phi) is 4.78. The fourth-order valence-corrected chi connectivity index (χ4v) is 3.50. The molecular formula is C18H23BrN4O. The summed E-state index contributed by atoms with van der Waals surface area (Å²) >= 11 is 3.42. The highest BCUT2D eigenvalue weighted by molar-refractivity contribution is 9.10. The van der Waals surface area contributed by atoms with Crippen molar-refractivity contribution in [3.05, 3.63) is 52.3 Å². The SMILES string of the molecule is Cc1cnn(C2CCCN(C(=O)C(C)(N)c3ccc(Br)cc3)C2)c1. The lowest BCUT2D eigenvalue weighted by molar-refractivity contribution is -0.138. The van der Waals surface area contributed by atoms with Crippen molar-refractivity contribution in [1.82, 2.24) is 14.7 Å². The molecule has 3 rings (SSSR count). The summed E-state index contributed by atoms with van der Waals surface area (Å²) in [4.78, 5) is 14.9. The minimum atomic E-state index is -1.03. The van der Waals surface area contributed by atoms with Crippen LogP contribution >= 0.6 is 15.9 Å². The summed E-state index contributed by atoms with van der Waals surface area (Å²) < 4.78 is 2.95. The van der Waals surface area contributed by atoms with Gasteiger partial charge in [0.05, 0.1) is 12.2 Å². The third-order valence-electron chi connectivity index (χ3n) is 4.68. The van der Waals surface area contributed by atoms with Crippen molar-refractivity contribution in [2.45, 2.75) is 38.3 Å². The summed E-state index contributed by atoms with van der Waals surface area (Å²) in [6.45, 7) is 5.22. The van der Waals surface area contributed by atoms with E-state index < -0.39 is 5.54 Å². The standard InChI is InChI=1S/C18H23BrN4O/c1-13-10-21-23(11-13)16-4-3-9-22(12-16)17(24)18(2,20)14-5-7-15(19)8-6-14/h5-8,10-11,16H,3-4,9,12,20H2,1-2H3. The molecular weight excluding hydrogens is 368 g/mol. The largest absolute Gasteiger partial charge is 0.339 e. The fourth-order valence-electron chi connectivity index (χ4n) is 3.24. The molecule has 1 fully saturated rings. The van der Waals surface area contributed by atoms with Gasteiger partial charge >= 0.3 is 0 Å². The molecule has 0 spiro atoms. The number of rotatable bonds is 3. The average molecular weight is 391 g/mol. The van der Waals surface area contributed by atoms with E-state index >= 15 is 0 Å². The molecule has 1 aromatic heterocycles. The second kappa shape index (κ2) is 6.69. The number of likely N-dealkylation sites (tertiary alicyclic amines) is 1. The molecule has 2 aromatic rings. The molecule has 1 aliphatic rings. The first kappa shape index (κ1) is 17.2. The van der Waals surface area contributed by atoms with Crippen LogP contribution in [0.5, 0.6) is 0 Å². The number of carbonyl (C=O) groups is 1. The van der Waals surface area contributed by atoms with E-state index in [9.17, 15) is 4.79 Å². The number of nitrogens with two attached hydrogens (primary N) is 1. The molecule has 0 saturated carbocycles. The van der Waals surface area contributed by atoms with E-state index in [4.69, 9.17) is 5.73 Å². The lowest BCUT2D eigenvalue weighted by Gasteiger charge is -2.37. The number of amides is 1. The Labute approximate surface area is 151 Å². The lowest BCUT2D eigenvalue weighted by Crippen LogP contribution is -2.53. The Morgan fingerprint density at radius 2 is 2.08 bits per heavy atom. The second-order valence-electron chi connectivity index (χ2n) is 6.75. The summed E-state index contributed by atoms with van der Waals surface area (Å²) in [5, 5.41) is 4.41. The van der Waals surface area contributed by atoms with Crippen molar-refractivity contribution in [3.63, 3.8) is 0 Å². The van der Waals surface area contributed by atoms with Gasteiger partial charge in [-0.3, -0.25) is 9.48 Å². The van der Waals surface area contributed by atoms with Crippen molar-refractivity contribution >= 4 is 21.8 Å². The van der Waals surface area contributed by atoms with Crippen molar-refractivity contribution in [1.29, 1.82) is 0 Å². The van der Waals surface area contributed by atoms with E-state index in [2.05, 4.69) is 21.0 Å². The maximum absolute atomic E-state index is 13.0. The third kappa shape index (κ3) is 3.39. The normalized spacial score (nSPS) is 20.7. The second-order valence-corrected chi connectivity index (χ2v) is 7.67. The van der Waals surface area contributed by atoms with Gasteiger partial charge in [0.2, 0.25) is 5.91 Å². The first-order valence-corrected chi connectivity index (χ1v) is 9.02. The summed E-state index contributed by atoms with van der Waals surface area (Å²) in [5.74, 6) is -0.0293. The smallest absolute Gasteiger partial charge is 0.247 e. The van der Waals surface area contributed by atoms with Crippen molar-refractivity contribution in [2.24, 2.45) is 5.73 Å². The molecule has 2 unspecified atom stereocenters. The van der Waals surface area contributed by atoms with E-state index in [0.717, 1.165) is 35.0 Å². The van der Waals surface area contributed by atoms with Gasteiger partial charge in [0.15, 0.2) is 0 Å². The first-order valence-electron chi connectivity index (χ1n) is 8.23. The zero-order valence-corrected chi connectivity index (χ0v) is 15.7. The molecule has 1 aromatic carbocycles. The number of carbonyl (C=O) groups excluding carboxylic acids is 1. The van der Waals surface area contributed by atoms with E-state index in [-0.39, 0.29) is 11.9 Å². The Hall–Kier alpha value is -1.66. The van der Waals surface area contributed by atoms with Crippen LogP contribution in [0.4, 0.5) is 0 Å². The predicted octanol–water partition coefficient (Wildman–Crippen LogP) is 2.99. The van der Waals surface area contributed by atoms with Gasteiger partial charge in [-0.15, -0.1) is 0 Å². The number of halogens is 1. The van der Waals surface area contributed by atoms with Crippen LogP contribution in [0, 0.1) is 6.92 Å². The van der Waals surface area contributed by atoms with Gasteiger partial charge in [0.25, 0.3) is 0 Å². The zero-order valence-electron chi connectivity index (χ0n) is 14.1. The molecule has 1 amide bonds. The summed E-state index contributed by atoms with van der Waals surface area (Å²) in [6, 6.07) is 7.86. The maximum atomic E-state index is 13.0. The van der Waals surface area contributed by atoms with E-state index in [1.807, 2.05) is 53.2 Å². The molecule has 5 nitrogen and oxygen atoms in total. The number of hydrogen-bond acceptors (Lipinski definition) is 3. The molecule has 0 bridgehead atoms. The Morgan fingerprint density at radius 3 is 2.71 bits per heavy atom. The molecule has 1 saturated heterocycles. The van der Waals surface area contributed by atoms with Crippen molar-refractivity contribution in [2.75, 3.05) is 13.1 Å². The van der Waals surface area contributed by atoms with Gasteiger partial charge in [-0.05, 0) is 49.9 Å². The van der Waals surface area contributed by atoms with Crippen LogP contribution in [0.15, 0.2) is 41.1 Å². The van der Waals surface area contributed by atoms with Gasteiger partial charge in [0, 0.05) is 23.8 Å². The zero-order chi connectivity index (χ0) is 17.3. The summed E-state index contributed by atoms with van der Waals surface area (Å²) in [5.41, 5.74) is 7.36. The van der Waals surface area contributed by atoms with Crippen LogP contribution in [0.3, 0.4) is 0 Å². The van der Waals surface area contributed by atoms with Crippen LogP contribution in [0.25, 0.3) is 0 Å². The van der Waals surface area contributed by atoms with Crippen LogP contribution in [-0.2, 0) is 10.3 Å². The highest BCUT2D eigenvalue weighted by atomic mass is 79.9.